The molecule has 32 heavy (non-hydrogen) atoms. The third-order valence-corrected chi connectivity index (χ3v) is 6.54. The zero-order chi connectivity index (χ0) is 22.1. The second kappa shape index (κ2) is 8.74. The number of nitrogens with zero attached hydrogens (tertiary/aromatic N) is 6. The van der Waals surface area contributed by atoms with E-state index in [4.69, 9.17) is 11.6 Å². The van der Waals surface area contributed by atoms with Gasteiger partial charge in [-0.15, -0.1) is 0 Å². The number of rotatable bonds is 4. The number of carbonyl (C=O) groups excluding carboxylic acids is 1. The highest BCUT2D eigenvalue weighted by Crippen LogP contribution is 2.36. The van der Waals surface area contributed by atoms with Crippen LogP contribution in [0, 0.1) is 0 Å². The predicted molar refractivity (Wildman–Crippen MR) is 124 cm³/mol. The van der Waals surface area contributed by atoms with Crippen LogP contribution < -0.4 is 4.90 Å². The minimum absolute atomic E-state index is 0.0959. The lowest BCUT2D eigenvalue weighted by Crippen LogP contribution is -2.47. The van der Waals surface area contributed by atoms with Gasteiger partial charge in [0.1, 0.15) is 12.6 Å². The fourth-order valence-corrected chi connectivity index (χ4v) is 4.70. The van der Waals surface area contributed by atoms with Crippen molar-refractivity contribution in [2.24, 2.45) is 0 Å². The Morgan fingerprint density at radius 2 is 1.88 bits per heavy atom. The van der Waals surface area contributed by atoms with Crippen LogP contribution in [0.2, 0.25) is 5.02 Å². The van der Waals surface area contributed by atoms with Gasteiger partial charge in [-0.1, -0.05) is 59.2 Å². The Kier molecular flexibility index (Phi) is 5.66. The largest absolute Gasteiger partial charge is 0.338 e. The highest BCUT2D eigenvalue weighted by atomic mass is 35.5. The van der Waals surface area contributed by atoms with Gasteiger partial charge in [-0.05, 0) is 65.9 Å². The van der Waals surface area contributed by atoms with Gasteiger partial charge in [0.05, 0.1) is 5.70 Å². The van der Waals surface area contributed by atoms with Crippen molar-refractivity contribution in [3.63, 3.8) is 0 Å². The minimum atomic E-state index is -0.201. The first-order valence-electron chi connectivity index (χ1n) is 11.0. The molecule has 1 fully saturated rings. The van der Waals surface area contributed by atoms with Gasteiger partial charge in [-0.3, -0.25) is 9.69 Å². The average Bonchev–Trinajstić information content (AvgIpc) is 3.31. The molecule has 0 radical (unpaired) electrons. The Morgan fingerprint density at radius 3 is 2.62 bits per heavy atom. The van der Waals surface area contributed by atoms with Crippen molar-refractivity contribution in [2.75, 3.05) is 18.0 Å². The van der Waals surface area contributed by atoms with E-state index in [0.717, 1.165) is 36.2 Å². The standard InChI is InChI=1S/C24H25ClN6O/c1-17-7-5-6-14-29(17)23(32)16-30-21(18-8-3-2-4-9-18)15-22(31-24(30)26-27-28-31)19-10-12-20(25)13-11-19/h2-4,8-13,15,17,22H,5-7,14,16H2,1H3/t17-,22+/m1/s1. The number of tetrazole rings is 1. The molecule has 2 aromatic carbocycles. The molecule has 8 heteroatoms. The van der Waals surface area contributed by atoms with Gasteiger partial charge in [0.25, 0.3) is 5.95 Å². The summed E-state index contributed by atoms with van der Waals surface area (Å²) in [5, 5.41) is 13.2. The smallest absolute Gasteiger partial charge is 0.251 e. The van der Waals surface area contributed by atoms with Crippen molar-refractivity contribution >= 4 is 29.2 Å². The molecule has 2 aliphatic heterocycles. The summed E-state index contributed by atoms with van der Waals surface area (Å²) in [6, 6.07) is 17.8. The molecular weight excluding hydrogens is 424 g/mol. The van der Waals surface area contributed by atoms with Crippen molar-refractivity contribution in [3.05, 3.63) is 76.8 Å². The van der Waals surface area contributed by atoms with E-state index < -0.39 is 0 Å². The number of benzene rings is 2. The van der Waals surface area contributed by atoms with E-state index in [0.29, 0.717) is 11.0 Å². The Labute approximate surface area is 192 Å². The Hall–Kier alpha value is -3.19. The van der Waals surface area contributed by atoms with Gasteiger partial charge in [0.15, 0.2) is 0 Å². The molecule has 164 valence electrons. The first kappa shape index (κ1) is 20.7. The second-order valence-electron chi connectivity index (χ2n) is 8.36. The molecular formula is C24H25ClN6O. The van der Waals surface area contributed by atoms with Crippen LogP contribution in [0.3, 0.4) is 0 Å². The number of piperidine rings is 1. The van der Waals surface area contributed by atoms with E-state index in [9.17, 15) is 4.79 Å². The molecule has 0 saturated carbocycles. The summed E-state index contributed by atoms with van der Waals surface area (Å²) in [5.74, 6) is 0.655. The first-order valence-corrected chi connectivity index (χ1v) is 11.4. The topological polar surface area (TPSA) is 67.2 Å². The van der Waals surface area contributed by atoms with Crippen LogP contribution in [-0.4, -0.2) is 50.1 Å². The summed E-state index contributed by atoms with van der Waals surface area (Å²) in [4.78, 5) is 17.3. The number of aromatic nitrogens is 4. The summed E-state index contributed by atoms with van der Waals surface area (Å²) >= 11 is 6.11. The number of fused-ring (bicyclic) bond motifs is 1. The van der Waals surface area contributed by atoms with Crippen LogP contribution in [0.5, 0.6) is 0 Å². The quantitative estimate of drug-likeness (QED) is 0.599. The van der Waals surface area contributed by atoms with Crippen LogP contribution in [0.15, 0.2) is 60.7 Å². The van der Waals surface area contributed by atoms with Crippen molar-refractivity contribution in [1.29, 1.82) is 0 Å². The van der Waals surface area contributed by atoms with Gasteiger partial charge in [-0.2, -0.15) is 4.68 Å². The molecule has 0 aliphatic carbocycles. The molecule has 5 rings (SSSR count). The molecule has 0 spiro atoms. The predicted octanol–water partition coefficient (Wildman–Crippen LogP) is 4.18. The fourth-order valence-electron chi connectivity index (χ4n) is 4.57. The summed E-state index contributed by atoms with van der Waals surface area (Å²) in [7, 11) is 0. The number of halogens is 1. The maximum atomic E-state index is 13.3. The monoisotopic (exact) mass is 448 g/mol. The van der Waals surface area contributed by atoms with Crippen LogP contribution in [0.4, 0.5) is 5.95 Å². The molecule has 2 atom stereocenters. The minimum Gasteiger partial charge on any atom is -0.338 e. The number of anilines is 1. The van der Waals surface area contributed by atoms with E-state index in [2.05, 4.69) is 28.5 Å². The Morgan fingerprint density at radius 1 is 1.09 bits per heavy atom. The molecule has 3 heterocycles. The second-order valence-corrected chi connectivity index (χ2v) is 8.79. The van der Waals surface area contributed by atoms with Gasteiger partial charge in [0.2, 0.25) is 5.91 Å². The van der Waals surface area contributed by atoms with Crippen LogP contribution in [0.25, 0.3) is 5.70 Å². The molecule has 0 unspecified atom stereocenters. The third kappa shape index (κ3) is 3.88. The van der Waals surface area contributed by atoms with E-state index in [1.54, 1.807) is 4.68 Å². The number of carbonyl (C=O) groups is 1. The van der Waals surface area contributed by atoms with Crippen LogP contribution in [-0.2, 0) is 4.79 Å². The van der Waals surface area contributed by atoms with Gasteiger partial charge < -0.3 is 4.90 Å². The fraction of sp³-hybridized carbons (Fsp3) is 0.333. The number of hydrogen-bond donors (Lipinski definition) is 0. The number of amides is 1. The number of hydrogen-bond acceptors (Lipinski definition) is 5. The van der Waals surface area contributed by atoms with E-state index in [1.807, 2.05) is 64.4 Å². The highest BCUT2D eigenvalue weighted by Gasteiger charge is 2.34. The maximum absolute atomic E-state index is 13.3. The lowest BCUT2D eigenvalue weighted by molar-refractivity contribution is -0.132. The van der Waals surface area contributed by atoms with Gasteiger partial charge >= 0.3 is 0 Å². The van der Waals surface area contributed by atoms with Crippen molar-refractivity contribution < 1.29 is 4.79 Å². The van der Waals surface area contributed by atoms with E-state index in [1.165, 1.54) is 6.42 Å². The summed E-state index contributed by atoms with van der Waals surface area (Å²) in [6.07, 6.45) is 5.39. The molecule has 1 saturated heterocycles. The lowest BCUT2D eigenvalue weighted by Gasteiger charge is -2.37. The zero-order valence-electron chi connectivity index (χ0n) is 17.9. The molecule has 0 N–H and O–H groups in total. The number of allylic oxidation sites excluding steroid dienone is 1. The summed E-state index contributed by atoms with van der Waals surface area (Å²) < 4.78 is 1.77. The van der Waals surface area contributed by atoms with Crippen LogP contribution in [0.1, 0.15) is 43.4 Å². The van der Waals surface area contributed by atoms with Gasteiger partial charge in [0, 0.05) is 17.6 Å². The van der Waals surface area contributed by atoms with E-state index >= 15 is 0 Å². The van der Waals surface area contributed by atoms with Crippen molar-refractivity contribution in [1.82, 2.24) is 25.1 Å². The molecule has 1 aromatic heterocycles. The van der Waals surface area contributed by atoms with Crippen LogP contribution >= 0.6 is 11.6 Å². The summed E-state index contributed by atoms with van der Waals surface area (Å²) in [5.41, 5.74) is 2.96. The average molecular weight is 449 g/mol. The number of likely N-dealkylation sites (tertiary alicyclic amines) is 1. The first-order chi connectivity index (χ1) is 15.6. The van der Waals surface area contributed by atoms with Crippen molar-refractivity contribution in [3.8, 4) is 0 Å². The lowest BCUT2D eigenvalue weighted by atomic mass is 10.0. The Balaban J connectivity index is 1.55. The van der Waals surface area contributed by atoms with E-state index in [-0.39, 0.29) is 24.5 Å². The molecule has 2 aliphatic rings. The SMILES string of the molecule is C[C@@H]1CCCCN1C(=O)CN1C(c2ccccc2)=C[C@@H](c2ccc(Cl)cc2)n2nnnc21. The molecule has 3 aromatic rings. The summed E-state index contributed by atoms with van der Waals surface area (Å²) in [6.45, 7) is 3.12. The highest BCUT2D eigenvalue weighted by molar-refractivity contribution is 6.30. The third-order valence-electron chi connectivity index (χ3n) is 6.28. The maximum Gasteiger partial charge on any atom is 0.251 e. The molecule has 0 bridgehead atoms. The molecule has 1 amide bonds. The normalized spacial score (nSPS) is 20.6. The van der Waals surface area contributed by atoms with Gasteiger partial charge in [-0.25, -0.2) is 0 Å². The molecule has 7 nitrogen and oxygen atoms in total. The zero-order valence-corrected chi connectivity index (χ0v) is 18.7. The van der Waals surface area contributed by atoms with Crippen molar-refractivity contribution in [2.45, 2.75) is 38.3 Å². The Bertz CT molecular complexity index is 1130.